The molecule has 0 aliphatic carbocycles. The Morgan fingerprint density at radius 3 is 2.58 bits per heavy atom. The smallest absolute Gasteiger partial charge is 0.337 e. The Balaban J connectivity index is 2.41. The highest BCUT2D eigenvalue weighted by Gasteiger charge is 2.13. The second-order valence-corrected chi connectivity index (χ2v) is 5.63. The average molecular weight is 314 g/mol. The summed E-state index contributed by atoms with van der Waals surface area (Å²) in [4.78, 5) is 12.4. The molecule has 0 aliphatic heterocycles. The van der Waals surface area contributed by atoms with E-state index in [0.717, 1.165) is 4.90 Å². The monoisotopic (exact) mass is 313 g/mol. The molecule has 3 nitrogen and oxygen atoms in total. The molecular formula is C13H9Cl2NO2S. The maximum absolute atomic E-state index is 11.0. The molecule has 0 aromatic heterocycles. The van der Waals surface area contributed by atoms with Gasteiger partial charge in [-0.2, -0.15) is 0 Å². The molecule has 98 valence electrons. The van der Waals surface area contributed by atoms with Crippen molar-refractivity contribution in [1.82, 2.24) is 0 Å². The molecule has 2 rings (SSSR count). The number of anilines is 1. The molecule has 2 aromatic carbocycles. The summed E-state index contributed by atoms with van der Waals surface area (Å²) in [5.74, 6) is -1.06. The molecule has 2 aromatic rings. The van der Waals surface area contributed by atoms with Gasteiger partial charge < -0.3 is 10.8 Å². The minimum absolute atomic E-state index is 0.0724. The third-order valence-corrected chi connectivity index (χ3v) is 4.22. The lowest BCUT2D eigenvalue weighted by Crippen LogP contribution is -2.03. The van der Waals surface area contributed by atoms with Crippen LogP contribution in [0.3, 0.4) is 0 Å². The number of halogens is 2. The lowest BCUT2D eigenvalue weighted by Gasteiger charge is -2.09. The van der Waals surface area contributed by atoms with Crippen molar-refractivity contribution in [3.63, 3.8) is 0 Å². The van der Waals surface area contributed by atoms with Crippen molar-refractivity contribution in [3.8, 4) is 0 Å². The molecule has 0 bridgehead atoms. The van der Waals surface area contributed by atoms with E-state index in [0.29, 0.717) is 14.9 Å². The van der Waals surface area contributed by atoms with Gasteiger partial charge in [-0.25, -0.2) is 4.79 Å². The molecule has 0 radical (unpaired) electrons. The van der Waals surface area contributed by atoms with E-state index in [-0.39, 0.29) is 11.3 Å². The summed E-state index contributed by atoms with van der Waals surface area (Å²) in [6.07, 6.45) is 0. The number of nitrogens with two attached hydrogens (primary N) is 1. The first kappa shape index (κ1) is 14.1. The van der Waals surface area contributed by atoms with Crippen LogP contribution in [0.2, 0.25) is 10.0 Å². The predicted molar refractivity (Wildman–Crippen MR) is 78.4 cm³/mol. The van der Waals surface area contributed by atoms with Crippen LogP contribution >= 0.6 is 35.0 Å². The van der Waals surface area contributed by atoms with Gasteiger partial charge in [0.15, 0.2) is 0 Å². The van der Waals surface area contributed by atoms with Gasteiger partial charge in [0, 0.05) is 14.8 Å². The van der Waals surface area contributed by atoms with Gasteiger partial charge in [-0.15, -0.1) is 0 Å². The lowest BCUT2D eigenvalue weighted by atomic mass is 10.2. The highest BCUT2D eigenvalue weighted by atomic mass is 35.5. The van der Waals surface area contributed by atoms with Crippen LogP contribution in [0.1, 0.15) is 10.4 Å². The summed E-state index contributed by atoms with van der Waals surface area (Å²) < 4.78 is 0. The van der Waals surface area contributed by atoms with Crippen LogP contribution in [0.15, 0.2) is 46.2 Å². The Bertz CT molecular complexity index is 647. The van der Waals surface area contributed by atoms with Crippen LogP contribution in [-0.2, 0) is 0 Å². The van der Waals surface area contributed by atoms with Gasteiger partial charge in [-0.05, 0) is 30.3 Å². The van der Waals surface area contributed by atoms with E-state index in [4.69, 9.17) is 34.0 Å². The summed E-state index contributed by atoms with van der Waals surface area (Å²) in [6, 6.07) is 9.92. The molecule has 0 aliphatic rings. The third-order valence-electron chi connectivity index (χ3n) is 2.41. The van der Waals surface area contributed by atoms with E-state index >= 15 is 0 Å². The van der Waals surface area contributed by atoms with E-state index in [1.54, 1.807) is 30.3 Å². The lowest BCUT2D eigenvalue weighted by molar-refractivity contribution is 0.0698. The van der Waals surface area contributed by atoms with Gasteiger partial charge in [0.25, 0.3) is 0 Å². The zero-order valence-corrected chi connectivity index (χ0v) is 11.9. The standard InChI is InChI=1S/C13H9Cl2NO2S/c14-7-4-5-9(15)11(6-7)19-10-3-1-2-8(12(10)16)13(17)18/h1-6H,16H2,(H,17,18). The van der Waals surface area contributed by atoms with Crippen LogP contribution in [0.25, 0.3) is 0 Å². The van der Waals surface area contributed by atoms with E-state index in [2.05, 4.69) is 0 Å². The van der Waals surface area contributed by atoms with Crippen molar-refractivity contribution >= 4 is 46.6 Å². The molecule has 0 fully saturated rings. The summed E-state index contributed by atoms with van der Waals surface area (Å²) in [7, 11) is 0. The molecule has 0 saturated carbocycles. The summed E-state index contributed by atoms with van der Waals surface area (Å²) in [5, 5.41) is 10.1. The molecule has 0 unspecified atom stereocenters. The fourth-order valence-corrected chi connectivity index (χ4v) is 2.92. The number of para-hydroxylation sites is 1. The quantitative estimate of drug-likeness (QED) is 0.823. The number of aromatic carboxylic acids is 1. The number of carboxylic acids is 1. The molecule has 0 atom stereocenters. The van der Waals surface area contributed by atoms with E-state index in [1.165, 1.54) is 17.8 Å². The number of rotatable bonds is 3. The van der Waals surface area contributed by atoms with Crippen LogP contribution in [-0.4, -0.2) is 11.1 Å². The number of carbonyl (C=O) groups is 1. The third kappa shape index (κ3) is 3.15. The molecule has 0 amide bonds. The number of carboxylic acid groups (broad SMARTS) is 1. The normalized spacial score (nSPS) is 10.4. The fourth-order valence-electron chi connectivity index (χ4n) is 1.49. The van der Waals surface area contributed by atoms with Crippen molar-refractivity contribution in [1.29, 1.82) is 0 Å². The van der Waals surface area contributed by atoms with E-state index < -0.39 is 5.97 Å². The van der Waals surface area contributed by atoms with Gasteiger partial charge in [-0.3, -0.25) is 0 Å². The average Bonchev–Trinajstić information content (AvgIpc) is 2.36. The summed E-state index contributed by atoms with van der Waals surface area (Å²) in [5.41, 5.74) is 6.13. The van der Waals surface area contributed by atoms with E-state index in [9.17, 15) is 4.79 Å². The van der Waals surface area contributed by atoms with Crippen LogP contribution in [0.5, 0.6) is 0 Å². The number of hydrogen-bond acceptors (Lipinski definition) is 3. The number of nitrogen functional groups attached to an aromatic ring is 1. The highest BCUT2D eigenvalue weighted by molar-refractivity contribution is 7.99. The first-order valence-corrected chi connectivity index (χ1v) is 6.81. The predicted octanol–water partition coefficient (Wildman–Crippen LogP) is 4.43. The zero-order chi connectivity index (χ0) is 14.0. The fraction of sp³-hybridized carbons (Fsp3) is 0. The van der Waals surface area contributed by atoms with Crippen molar-refractivity contribution in [3.05, 3.63) is 52.0 Å². The Morgan fingerprint density at radius 2 is 1.89 bits per heavy atom. The highest BCUT2D eigenvalue weighted by Crippen LogP contribution is 2.38. The minimum Gasteiger partial charge on any atom is -0.478 e. The topological polar surface area (TPSA) is 63.3 Å². The Morgan fingerprint density at radius 1 is 1.16 bits per heavy atom. The maximum Gasteiger partial charge on any atom is 0.337 e. The molecule has 0 saturated heterocycles. The van der Waals surface area contributed by atoms with Gasteiger partial charge in [-0.1, -0.05) is 41.0 Å². The van der Waals surface area contributed by atoms with Crippen LogP contribution < -0.4 is 5.73 Å². The molecule has 0 spiro atoms. The molecule has 3 N–H and O–H groups in total. The van der Waals surface area contributed by atoms with Gasteiger partial charge in [0.05, 0.1) is 16.3 Å². The Hall–Kier alpha value is -1.36. The van der Waals surface area contributed by atoms with Crippen LogP contribution in [0.4, 0.5) is 5.69 Å². The second-order valence-electron chi connectivity index (χ2n) is 3.70. The molecule has 6 heteroatoms. The van der Waals surface area contributed by atoms with Crippen molar-refractivity contribution in [2.24, 2.45) is 0 Å². The van der Waals surface area contributed by atoms with Crippen molar-refractivity contribution < 1.29 is 9.90 Å². The van der Waals surface area contributed by atoms with Crippen molar-refractivity contribution in [2.75, 3.05) is 5.73 Å². The summed E-state index contributed by atoms with van der Waals surface area (Å²) in [6.45, 7) is 0. The second kappa shape index (κ2) is 5.74. The first-order chi connectivity index (χ1) is 8.99. The zero-order valence-electron chi connectivity index (χ0n) is 9.56. The van der Waals surface area contributed by atoms with Crippen molar-refractivity contribution in [2.45, 2.75) is 9.79 Å². The SMILES string of the molecule is Nc1c(Sc2cc(Cl)ccc2Cl)cccc1C(=O)O. The molecular weight excluding hydrogens is 305 g/mol. The number of benzene rings is 2. The minimum atomic E-state index is -1.06. The van der Waals surface area contributed by atoms with Gasteiger partial charge >= 0.3 is 5.97 Å². The Kier molecular flexibility index (Phi) is 4.24. The number of hydrogen-bond donors (Lipinski definition) is 2. The van der Waals surface area contributed by atoms with Gasteiger partial charge in [0.1, 0.15) is 0 Å². The molecule has 19 heavy (non-hydrogen) atoms. The Labute approximate surface area is 124 Å². The summed E-state index contributed by atoms with van der Waals surface area (Å²) >= 11 is 13.3. The van der Waals surface area contributed by atoms with Gasteiger partial charge in [0.2, 0.25) is 0 Å². The molecule has 0 heterocycles. The largest absolute Gasteiger partial charge is 0.478 e. The first-order valence-electron chi connectivity index (χ1n) is 5.23. The van der Waals surface area contributed by atoms with Crippen LogP contribution in [0, 0.1) is 0 Å². The van der Waals surface area contributed by atoms with E-state index in [1.807, 2.05) is 0 Å². The maximum atomic E-state index is 11.0.